The van der Waals surface area contributed by atoms with Crippen molar-refractivity contribution in [2.45, 2.75) is 26.4 Å². The van der Waals surface area contributed by atoms with Gasteiger partial charge in [-0.25, -0.2) is 4.79 Å². The van der Waals surface area contributed by atoms with Crippen LogP contribution in [0.4, 0.5) is 0 Å². The Morgan fingerprint density at radius 1 is 1.33 bits per heavy atom. The number of aromatic nitrogens is 2. The van der Waals surface area contributed by atoms with Gasteiger partial charge in [0.05, 0.1) is 12.8 Å². The normalized spacial score (nSPS) is 11.0. The maximum atomic E-state index is 11.8. The molecule has 0 aliphatic carbocycles. The molecule has 1 aromatic heterocycles. The molecule has 1 heterocycles. The molecule has 2 aromatic rings. The Balaban J connectivity index is 1.65. The number of H-pyrrole nitrogens is 1. The number of carbonyl (C=O) groups excluding carboxylic acids is 1. The van der Waals surface area contributed by atoms with E-state index in [2.05, 4.69) is 51.7 Å². The van der Waals surface area contributed by atoms with Crippen molar-refractivity contribution in [1.82, 2.24) is 20.4 Å². The molecule has 0 unspecified atom stereocenters. The molecule has 0 spiro atoms. The van der Waals surface area contributed by atoms with Crippen LogP contribution in [0.1, 0.15) is 35.0 Å². The van der Waals surface area contributed by atoms with Crippen LogP contribution in [0.25, 0.3) is 0 Å². The van der Waals surface area contributed by atoms with Crippen molar-refractivity contribution in [2.24, 2.45) is 0 Å². The van der Waals surface area contributed by atoms with E-state index in [1.807, 2.05) is 6.07 Å². The van der Waals surface area contributed by atoms with Crippen molar-refractivity contribution >= 4 is 5.97 Å². The van der Waals surface area contributed by atoms with Crippen LogP contribution in [0, 0.1) is 0 Å². The smallest absolute Gasteiger partial charge is 0.356 e. The highest BCUT2D eigenvalue weighted by Crippen LogP contribution is 2.06. The molecule has 130 valence electrons. The monoisotopic (exact) mass is 330 g/mol. The Kier molecular flexibility index (Phi) is 7.45. The lowest BCUT2D eigenvalue weighted by Gasteiger charge is -2.16. The molecule has 0 amide bonds. The van der Waals surface area contributed by atoms with Gasteiger partial charge in [0.2, 0.25) is 0 Å². The lowest BCUT2D eigenvalue weighted by molar-refractivity contribution is 0.0518. The van der Waals surface area contributed by atoms with Crippen molar-refractivity contribution in [3.63, 3.8) is 0 Å². The molecule has 1 aromatic carbocycles. The fourth-order valence-corrected chi connectivity index (χ4v) is 2.50. The van der Waals surface area contributed by atoms with Gasteiger partial charge in [-0.05, 0) is 39.0 Å². The first kappa shape index (κ1) is 18.2. The quantitative estimate of drug-likeness (QED) is 0.516. The molecule has 0 atom stereocenters. The summed E-state index contributed by atoms with van der Waals surface area (Å²) in [4.78, 5) is 14.1. The number of hydrogen-bond donors (Lipinski definition) is 2. The number of hydrogen-bond acceptors (Lipinski definition) is 5. The first-order valence-electron chi connectivity index (χ1n) is 8.33. The predicted molar refractivity (Wildman–Crippen MR) is 93.6 cm³/mol. The average Bonchev–Trinajstić information content (AvgIpc) is 3.04. The zero-order valence-electron chi connectivity index (χ0n) is 14.4. The van der Waals surface area contributed by atoms with Gasteiger partial charge in [-0.2, -0.15) is 5.10 Å². The number of rotatable bonds is 10. The van der Waals surface area contributed by atoms with Crippen LogP contribution in [0.15, 0.2) is 36.5 Å². The maximum Gasteiger partial charge on any atom is 0.356 e. The minimum atomic E-state index is -0.352. The summed E-state index contributed by atoms with van der Waals surface area (Å²) in [7, 11) is 2.13. The molecule has 0 bridgehead atoms. The summed E-state index contributed by atoms with van der Waals surface area (Å²) >= 11 is 0. The van der Waals surface area contributed by atoms with Crippen LogP contribution in [-0.2, 0) is 17.8 Å². The fourth-order valence-electron chi connectivity index (χ4n) is 2.50. The lowest BCUT2D eigenvalue weighted by atomic mass is 10.2. The number of nitrogens with one attached hydrogen (secondary N) is 2. The van der Waals surface area contributed by atoms with Gasteiger partial charge in [0.15, 0.2) is 0 Å². The summed E-state index contributed by atoms with van der Waals surface area (Å²) in [5.74, 6) is -0.352. The highest BCUT2D eigenvalue weighted by Gasteiger charge is 2.14. The van der Waals surface area contributed by atoms with Crippen molar-refractivity contribution in [3.05, 3.63) is 53.3 Å². The number of ether oxygens (including phenoxy) is 1. The molecular weight excluding hydrogens is 304 g/mol. The summed E-state index contributed by atoms with van der Waals surface area (Å²) in [6.07, 6.45) is 2.71. The van der Waals surface area contributed by atoms with Crippen LogP contribution >= 0.6 is 0 Å². The Morgan fingerprint density at radius 2 is 2.12 bits per heavy atom. The van der Waals surface area contributed by atoms with Crippen molar-refractivity contribution in [2.75, 3.05) is 26.7 Å². The third-order valence-electron chi connectivity index (χ3n) is 3.70. The third kappa shape index (κ3) is 5.79. The average molecular weight is 330 g/mol. The Labute approximate surface area is 143 Å². The largest absolute Gasteiger partial charge is 0.461 e. The SMILES string of the molecule is CCOC(=O)c1[nH]ncc1CNCCCN(C)Cc1ccccc1. The summed E-state index contributed by atoms with van der Waals surface area (Å²) in [5.41, 5.74) is 2.60. The molecule has 2 rings (SSSR count). The summed E-state index contributed by atoms with van der Waals surface area (Å²) < 4.78 is 5.00. The van der Waals surface area contributed by atoms with Crippen LogP contribution in [0.5, 0.6) is 0 Å². The van der Waals surface area contributed by atoms with Crippen molar-refractivity contribution in [3.8, 4) is 0 Å². The van der Waals surface area contributed by atoms with Crippen molar-refractivity contribution < 1.29 is 9.53 Å². The van der Waals surface area contributed by atoms with Crippen LogP contribution in [-0.4, -0.2) is 47.8 Å². The molecule has 0 saturated carbocycles. The van der Waals surface area contributed by atoms with E-state index in [0.717, 1.165) is 31.6 Å². The second-order valence-electron chi connectivity index (χ2n) is 5.74. The molecule has 0 fully saturated rings. The maximum absolute atomic E-state index is 11.8. The van der Waals surface area contributed by atoms with Gasteiger partial charge in [-0.15, -0.1) is 0 Å². The minimum Gasteiger partial charge on any atom is -0.461 e. The zero-order valence-corrected chi connectivity index (χ0v) is 14.4. The van der Waals surface area contributed by atoms with Crippen LogP contribution < -0.4 is 5.32 Å². The second kappa shape index (κ2) is 9.85. The molecule has 6 nitrogen and oxygen atoms in total. The van der Waals surface area contributed by atoms with Gasteiger partial charge in [0, 0.05) is 18.7 Å². The second-order valence-corrected chi connectivity index (χ2v) is 5.74. The Bertz CT molecular complexity index is 612. The molecule has 0 aliphatic heterocycles. The molecule has 24 heavy (non-hydrogen) atoms. The highest BCUT2D eigenvalue weighted by atomic mass is 16.5. The fraction of sp³-hybridized carbons (Fsp3) is 0.444. The van der Waals surface area contributed by atoms with Gasteiger partial charge < -0.3 is 15.0 Å². The van der Waals surface area contributed by atoms with Crippen LogP contribution in [0.2, 0.25) is 0 Å². The van der Waals surface area contributed by atoms with Crippen molar-refractivity contribution in [1.29, 1.82) is 0 Å². The first-order valence-corrected chi connectivity index (χ1v) is 8.33. The van der Waals surface area contributed by atoms with E-state index in [4.69, 9.17) is 4.74 Å². The topological polar surface area (TPSA) is 70.2 Å². The number of esters is 1. The Morgan fingerprint density at radius 3 is 2.88 bits per heavy atom. The lowest BCUT2D eigenvalue weighted by Crippen LogP contribution is -2.24. The zero-order chi connectivity index (χ0) is 17.2. The number of carbonyl (C=O) groups is 1. The van der Waals surface area contributed by atoms with E-state index < -0.39 is 0 Å². The van der Waals surface area contributed by atoms with Crippen LogP contribution in [0.3, 0.4) is 0 Å². The summed E-state index contributed by atoms with van der Waals surface area (Å²) in [5, 5.41) is 9.98. The first-order chi connectivity index (χ1) is 11.7. The molecular formula is C18H26N4O2. The molecule has 2 N–H and O–H groups in total. The van der Waals surface area contributed by atoms with Gasteiger partial charge >= 0.3 is 5.97 Å². The molecule has 6 heteroatoms. The van der Waals surface area contributed by atoms with E-state index in [9.17, 15) is 4.79 Å². The van der Waals surface area contributed by atoms with E-state index >= 15 is 0 Å². The standard InChI is InChI=1S/C18H26N4O2/c1-3-24-18(23)17-16(13-20-21-17)12-19-10-7-11-22(2)14-15-8-5-4-6-9-15/h4-6,8-9,13,19H,3,7,10-12,14H2,1-2H3,(H,20,21). The molecule has 0 saturated heterocycles. The van der Waals surface area contributed by atoms with Gasteiger partial charge in [0.25, 0.3) is 0 Å². The number of benzene rings is 1. The van der Waals surface area contributed by atoms with Gasteiger partial charge in [-0.1, -0.05) is 30.3 Å². The van der Waals surface area contributed by atoms with E-state index in [-0.39, 0.29) is 5.97 Å². The third-order valence-corrected chi connectivity index (χ3v) is 3.70. The number of nitrogens with zero attached hydrogens (tertiary/aromatic N) is 2. The van der Waals surface area contributed by atoms with E-state index in [1.165, 1.54) is 5.56 Å². The molecule has 0 radical (unpaired) electrons. The summed E-state index contributed by atoms with van der Waals surface area (Å²) in [6.45, 7) is 5.60. The van der Waals surface area contributed by atoms with Gasteiger partial charge in [0.1, 0.15) is 5.69 Å². The highest BCUT2D eigenvalue weighted by molar-refractivity contribution is 5.88. The van der Waals surface area contributed by atoms with E-state index in [0.29, 0.717) is 18.8 Å². The predicted octanol–water partition coefficient (Wildman–Crippen LogP) is 2.20. The van der Waals surface area contributed by atoms with E-state index in [1.54, 1.807) is 13.1 Å². The minimum absolute atomic E-state index is 0.352. The summed E-state index contributed by atoms with van der Waals surface area (Å²) in [6, 6.07) is 10.5. The number of aromatic amines is 1. The molecule has 0 aliphatic rings. The van der Waals surface area contributed by atoms with Gasteiger partial charge in [-0.3, -0.25) is 5.10 Å². The Hall–Kier alpha value is -2.18.